The number of nitrogens with one attached hydrogen (secondary N) is 1. The number of rotatable bonds is 7. The third-order valence-corrected chi connectivity index (χ3v) is 9.82. The van der Waals surface area contributed by atoms with Crippen molar-refractivity contribution in [3.8, 4) is 10.6 Å². The molecule has 0 unspecified atom stereocenters. The standard InChI is InChI=1S/C29H32N4O3S2/c1-20(2)22-7-11-25(12-8-22)38(35,36)33-16-14-32(15-17-33)19-28(34)30-24-9-5-23(6-10-24)29-31-26-13-4-21(3)18-27(26)37-29/h4-13,18,20H,14-17,19H2,1-3H3,(H,30,34). The molecule has 0 radical (unpaired) electrons. The van der Waals surface area contributed by atoms with Gasteiger partial charge in [-0.05, 0) is 72.5 Å². The zero-order valence-corrected chi connectivity index (χ0v) is 23.5. The van der Waals surface area contributed by atoms with E-state index in [0.29, 0.717) is 37.0 Å². The molecule has 9 heteroatoms. The van der Waals surface area contributed by atoms with Crippen LogP contribution in [0.3, 0.4) is 0 Å². The van der Waals surface area contributed by atoms with Crippen LogP contribution in [0.25, 0.3) is 20.8 Å². The zero-order chi connectivity index (χ0) is 26.9. The molecule has 0 atom stereocenters. The van der Waals surface area contributed by atoms with E-state index in [-0.39, 0.29) is 12.5 Å². The Labute approximate surface area is 228 Å². The summed E-state index contributed by atoms with van der Waals surface area (Å²) in [7, 11) is -3.54. The second-order valence-electron chi connectivity index (χ2n) is 10.0. The van der Waals surface area contributed by atoms with Gasteiger partial charge in [-0.3, -0.25) is 9.69 Å². The minimum atomic E-state index is -3.54. The molecule has 0 saturated carbocycles. The van der Waals surface area contributed by atoms with Gasteiger partial charge in [0.25, 0.3) is 0 Å². The second-order valence-corrected chi connectivity index (χ2v) is 13.0. The highest BCUT2D eigenvalue weighted by Crippen LogP contribution is 2.31. The molecule has 2 heterocycles. The molecular formula is C29H32N4O3S2. The summed E-state index contributed by atoms with van der Waals surface area (Å²) in [6, 6.07) is 21.1. The lowest BCUT2D eigenvalue weighted by molar-refractivity contribution is -0.117. The van der Waals surface area contributed by atoms with Crippen LogP contribution < -0.4 is 5.32 Å². The number of amides is 1. The smallest absolute Gasteiger partial charge is 0.243 e. The van der Waals surface area contributed by atoms with Crippen LogP contribution in [0.1, 0.15) is 30.9 Å². The third kappa shape index (κ3) is 5.81. The Kier molecular flexibility index (Phi) is 7.63. The highest BCUT2D eigenvalue weighted by Gasteiger charge is 2.29. The molecule has 0 spiro atoms. The largest absolute Gasteiger partial charge is 0.325 e. The first-order valence-corrected chi connectivity index (χ1v) is 15.0. The summed E-state index contributed by atoms with van der Waals surface area (Å²) in [5, 5.41) is 3.91. The average Bonchev–Trinajstić information content (AvgIpc) is 3.32. The summed E-state index contributed by atoms with van der Waals surface area (Å²) in [4.78, 5) is 19.7. The maximum atomic E-state index is 13.1. The number of benzene rings is 3. The molecule has 0 aliphatic carbocycles. The number of fused-ring (bicyclic) bond motifs is 1. The van der Waals surface area contributed by atoms with E-state index in [1.54, 1.807) is 23.5 Å². The molecule has 0 bridgehead atoms. The average molecular weight is 549 g/mol. The summed E-state index contributed by atoms with van der Waals surface area (Å²) in [5.74, 6) is 0.233. The van der Waals surface area contributed by atoms with E-state index in [9.17, 15) is 13.2 Å². The highest BCUT2D eigenvalue weighted by molar-refractivity contribution is 7.89. The van der Waals surface area contributed by atoms with Crippen molar-refractivity contribution in [1.82, 2.24) is 14.2 Å². The van der Waals surface area contributed by atoms with Crippen LogP contribution in [0.4, 0.5) is 5.69 Å². The fraction of sp³-hybridized carbons (Fsp3) is 0.310. The van der Waals surface area contributed by atoms with E-state index in [4.69, 9.17) is 4.98 Å². The Balaban J connectivity index is 1.14. The van der Waals surface area contributed by atoms with Gasteiger partial charge >= 0.3 is 0 Å². The topological polar surface area (TPSA) is 82.6 Å². The van der Waals surface area contributed by atoms with Crippen molar-refractivity contribution in [3.05, 3.63) is 77.9 Å². The van der Waals surface area contributed by atoms with Gasteiger partial charge in [0, 0.05) is 37.4 Å². The lowest BCUT2D eigenvalue weighted by Crippen LogP contribution is -2.50. The number of aryl methyl sites for hydroxylation is 1. The minimum Gasteiger partial charge on any atom is -0.325 e. The number of hydrogen-bond donors (Lipinski definition) is 1. The molecule has 1 aromatic heterocycles. The molecule has 1 saturated heterocycles. The van der Waals surface area contributed by atoms with Gasteiger partial charge in [0.15, 0.2) is 0 Å². The molecule has 198 valence electrons. The SMILES string of the molecule is Cc1ccc2nc(-c3ccc(NC(=O)CN4CCN(S(=O)(=O)c5ccc(C(C)C)cc5)CC4)cc3)sc2c1. The third-order valence-electron chi connectivity index (χ3n) is 6.84. The van der Waals surface area contributed by atoms with Crippen molar-refractivity contribution >= 4 is 43.2 Å². The molecule has 1 fully saturated rings. The van der Waals surface area contributed by atoms with Crippen LogP contribution in [0.5, 0.6) is 0 Å². The second kappa shape index (κ2) is 10.9. The molecule has 38 heavy (non-hydrogen) atoms. The Bertz CT molecular complexity index is 1540. The van der Waals surface area contributed by atoms with Gasteiger partial charge in [0.2, 0.25) is 15.9 Å². The number of hydrogen-bond acceptors (Lipinski definition) is 6. The van der Waals surface area contributed by atoms with Gasteiger partial charge in [-0.2, -0.15) is 4.31 Å². The van der Waals surface area contributed by atoms with Gasteiger partial charge in [-0.1, -0.05) is 32.0 Å². The molecule has 1 aliphatic rings. The fourth-order valence-corrected chi connectivity index (χ4v) is 7.05. The Morgan fingerprint density at radius 1 is 0.974 bits per heavy atom. The lowest BCUT2D eigenvalue weighted by atomic mass is 10.0. The van der Waals surface area contributed by atoms with Crippen LogP contribution in [0.15, 0.2) is 71.6 Å². The number of anilines is 1. The molecule has 1 N–H and O–H groups in total. The summed E-state index contributed by atoms with van der Waals surface area (Å²) in [5.41, 5.74) is 5.05. The number of aromatic nitrogens is 1. The highest BCUT2D eigenvalue weighted by atomic mass is 32.2. The molecule has 4 aromatic rings. The number of carbonyl (C=O) groups is 1. The first-order valence-electron chi connectivity index (χ1n) is 12.8. The summed E-state index contributed by atoms with van der Waals surface area (Å²) in [6.07, 6.45) is 0. The first-order chi connectivity index (χ1) is 18.2. The monoisotopic (exact) mass is 548 g/mol. The van der Waals surface area contributed by atoms with Crippen LogP contribution in [-0.4, -0.2) is 61.2 Å². The van der Waals surface area contributed by atoms with E-state index < -0.39 is 10.0 Å². The van der Waals surface area contributed by atoms with Gasteiger partial charge < -0.3 is 5.32 Å². The van der Waals surface area contributed by atoms with Crippen molar-refractivity contribution in [2.24, 2.45) is 0 Å². The summed E-state index contributed by atoms with van der Waals surface area (Å²) >= 11 is 1.66. The van der Waals surface area contributed by atoms with E-state index in [2.05, 4.69) is 38.2 Å². The van der Waals surface area contributed by atoms with Crippen molar-refractivity contribution in [2.75, 3.05) is 38.0 Å². The van der Waals surface area contributed by atoms with E-state index in [0.717, 1.165) is 32.0 Å². The Morgan fingerprint density at radius 3 is 2.32 bits per heavy atom. The summed E-state index contributed by atoms with van der Waals surface area (Å²) < 4.78 is 28.8. The molecule has 1 amide bonds. The molecule has 1 aliphatic heterocycles. The lowest BCUT2D eigenvalue weighted by Gasteiger charge is -2.33. The zero-order valence-electron chi connectivity index (χ0n) is 21.8. The number of thiazole rings is 1. The Morgan fingerprint density at radius 2 is 1.66 bits per heavy atom. The number of carbonyl (C=O) groups excluding carboxylic acids is 1. The van der Waals surface area contributed by atoms with E-state index in [1.807, 2.05) is 47.4 Å². The quantitative estimate of drug-likeness (QED) is 0.337. The van der Waals surface area contributed by atoms with E-state index >= 15 is 0 Å². The van der Waals surface area contributed by atoms with Gasteiger partial charge in [0.05, 0.1) is 21.7 Å². The maximum absolute atomic E-state index is 13.1. The van der Waals surface area contributed by atoms with Crippen LogP contribution >= 0.6 is 11.3 Å². The van der Waals surface area contributed by atoms with Crippen molar-refractivity contribution in [1.29, 1.82) is 0 Å². The van der Waals surface area contributed by atoms with Crippen molar-refractivity contribution < 1.29 is 13.2 Å². The fourth-order valence-electron chi connectivity index (χ4n) is 4.56. The minimum absolute atomic E-state index is 0.117. The van der Waals surface area contributed by atoms with Crippen LogP contribution in [0, 0.1) is 6.92 Å². The molecule has 5 rings (SSSR count). The van der Waals surface area contributed by atoms with Crippen molar-refractivity contribution in [2.45, 2.75) is 31.6 Å². The van der Waals surface area contributed by atoms with Crippen LogP contribution in [0.2, 0.25) is 0 Å². The summed E-state index contributed by atoms with van der Waals surface area (Å²) in [6.45, 7) is 8.19. The normalized spacial score (nSPS) is 15.3. The predicted octanol–water partition coefficient (Wildman–Crippen LogP) is 5.34. The predicted molar refractivity (Wildman–Crippen MR) is 154 cm³/mol. The number of piperazine rings is 1. The van der Waals surface area contributed by atoms with Crippen molar-refractivity contribution in [3.63, 3.8) is 0 Å². The van der Waals surface area contributed by atoms with Gasteiger partial charge in [-0.25, -0.2) is 13.4 Å². The van der Waals surface area contributed by atoms with Gasteiger partial charge in [-0.15, -0.1) is 11.3 Å². The van der Waals surface area contributed by atoms with Crippen LogP contribution in [-0.2, 0) is 14.8 Å². The number of sulfonamides is 1. The number of nitrogens with zero attached hydrogens (tertiary/aromatic N) is 3. The van der Waals surface area contributed by atoms with Gasteiger partial charge in [0.1, 0.15) is 5.01 Å². The molecule has 3 aromatic carbocycles. The maximum Gasteiger partial charge on any atom is 0.243 e. The molecule has 7 nitrogen and oxygen atoms in total. The first kappa shape index (κ1) is 26.5. The van der Waals surface area contributed by atoms with E-state index in [1.165, 1.54) is 9.87 Å². The molecular weight excluding hydrogens is 516 g/mol. The Hall–Kier alpha value is -3.11.